The number of hydrogen-bond acceptors (Lipinski definition) is 4. The third-order valence-electron chi connectivity index (χ3n) is 3.60. The molecule has 0 unspecified atom stereocenters. The van der Waals surface area contributed by atoms with Crippen molar-refractivity contribution in [2.75, 3.05) is 13.2 Å². The van der Waals surface area contributed by atoms with E-state index in [-0.39, 0.29) is 5.79 Å². The number of ether oxygens (including phenoxy) is 3. The highest BCUT2D eigenvalue weighted by Crippen LogP contribution is 2.37. The highest BCUT2D eigenvalue weighted by atomic mass is 79.9. The van der Waals surface area contributed by atoms with Gasteiger partial charge < -0.3 is 14.2 Å². The molecule has 100 valence electrons. The molecule has 0 N–H and O–H groups in total. The zero-order valence-corrected chi connectivity index (χ0v) is 12.6. The molecule has 0 bridgehead atoms. The summed E-state index contributed by atoms with van der Waals surface area (Å²) in [5, 5.41) is 0. The quantitative estimate of drug-likeness (QED) is 0.844. The molecule has 2 aliphatic rings. The van der Waals surface area contributed by atoms with E-state index in [1.807, 2.05) is 0 Å². The summed E-state index contributed by atoms with van der Waals surface area (Å²) in [6.45, 7) is 2.21. The Hall–Kier alpha value is 0.0600. The summed E-state index contributed by atoms with van der Waals surface area (Å²) in [4.78, 5) is 1.27. The van der Waals surface area contributed by atoms with Crippen molar-refractivity contribution in [1.82, 2.24) is 0 Å². The van der Waals surface area contributed by atoms with Crippen LogP contribution < -0.4 is 0 Å². The van der Waals surface area contributed by atoms with E-state index in [1.165, 1.54) is 4.88 Å². The van der Waals surface area contributed by atoms with Crippen LogP contribution >= 0.6 is 27.3 Å². The Morgan fingerprint density at radius 2 is 2.00 bits per heavy atom. The number of rotatable bonds is 3. The molecule has 0 amide bonds. The van der Waals surface area contributed by atoms with Crippen molar-refractivity contribution in [2.24, 2.45) is 0 Å². The second kappa shape index (κ2) is 5.59. The van der Waals surface area contributed by atoms with Crippen molar-refractivity contribution < 1.29 is 14.2 Å². The van der Waals surface area contributed by atoms with Crippen LogP contribution in [0, 0.1) is 0 Å². The second-order valence-electron chi connectivity index (χ2n) is 4.82. The van der Waals surface area contributed by atoms with Crippen LogP contribution in [0.1, 0.15) is 30.6 Å². The molecule has 1 spiro atoms. The first-order chi connectivity index (χ1) is 8.76. The van der Waals surface area contributed by atoms with E-state index in [0.29, 0.717) is 6.10 Å². The van der Waals surface area contributed by atoms with E-state index < -0.39 is 0 Å². The lowest BCUT2D eigenvalue weighted by Gasteiger charge is -2.35. The monoisotopic (exact) mass is 332 g/mol. The molecule has 1 aromatic heterocycles. The fourth-order valence-electron chi connectivity index (χ4n) is 2.61. The normalized spacial score (nSPS) is 23.8. The lowest BCUT2D eigenvalue weighted by Crippen LogP contribution is -2.37. The van der Waals surface area contributed by atoms with Crippen LogP contribution in [0.4, 0.5) is 0 Å². The van der Waals surface area contributed by atoms with Gasteiger partial charge in [0, 0.05) is 17.7 Å². The number of thiophene rings is 1. The predicted molar refractivity (Wildman–Crippen MR) is 73.7 cm³/mol. The summed E-state index contributed by atoms with van der Waals surface area (Å²) in [7, 11) is 0. The van der Waals surface area contributed by atoms with Crippen LogP contribution in [0.5, 0.6) is 0 Å². The Balaban J connectivity index is 1.45. The Morgan fingerprint density at radius 1 is 1.28 bits per heavy atom. The van der Waals surface area contributed by atoms with Crippen LogP contribution in [-0.4, -0.2) is 25.1 Å². The van der Waals surface area contributed by atoms with E-state index in [2.05, 4.69) is 28.1 Å². The molecule has 1 aliphatic heterocycles. The smallest absolute Gasteiger partial charge is 0.168 e. The van der Waals surface area contributed by atoms with Crippen molar-refractivity contribution in [1.29, 1.82) is 0 Å². The fraction of sp³-hybridized carbons (Fsp3) is 0.692. The van der Waals surface area contributed by atoms with Gasteiger partial charge in [0.05, 0.1) is 29.7 Å². The Labute approximate surface area is 120 Å². The maximum absolute atomic E-state index is 5.96. The third-order valence-corrected chi connectivity index (χ3v) is 5.20. The van der Waals surface area contributed by atoms with E-state index in [1.54, 1.807) is 11.3 Å². The van der Waals surface area contributed by atoms with Crippen LogP contribution in [-0.2, 0) is 20.8 Å². The van der Waals surface area contributed by atoms with Crippen molar-refractivity contribution in [3.63, 3.8) is 0 Å². The van der Waals surface area contributed by atoms with E-state index in [4.69, 9.17) is 14.2 Å². The van der Waals surface area contributed by atoms with Crippen molar-refractivity contribution >= 4 is 27.3 Å². The van der Waals surface area contributed by atoms with Crippen LogP contribution in [0.3, 0.4) is 0 Å². The van der Waals surface area contributed by atoms with Crippen LogP contribution in [0.2, 0.25) is 0 Å². The van der Waals surface area contributed by atoms with Crippen molar-refractivity contribution in [2.45, 2.75) is 44.2 Å². The maximum Gasteiger partial charge on any atom is 0.168 e. The van der Waals surface area contributed by atoms with Crippen molar-refractivity contribution in [3.8, 4) is 0 Å². The average molecular weight is 333 g/mol. The molecule has 1 saturated carbocycles. The Morgan fingerprint density at radius 3 is 2.61 bits per heavy atom. The minimum atomic E-state index is -0.272. The fourth-order valence-corrected chi connectivity index (χ4v) is 4.02. The molecule has 1 saturated heterocycles. The molecular formula is C13H17BrO3S. The third kappa shape index (κ3) is 2.96. The minimum Gasteiger partial charge on any atom is -0.373 e. The topological polar surface area (TPSA) is 27.7 Å². The predicted octanol–water partition coefficient (Wildman–Crippen LogP) is 3.71. The molecule has 0 radical (unpaired) electrons. The second-order valence-corrected chi connectivity index (χ2v) is 7.37. The largest absolute Gasteiger partial charge is 0.373 e. The Kier molecular flexibility index (Phi) is 4.06. The lowest BCUT2D eigenvalue weighted by molar-refractivity contribution is -0.192. The molecule has 3 nitrogen and oxygen atoms in total. The molecule has 3 rings (SSSR count). The summed E-state index contributed by atoms with van der Waals surface area (Å²) in [6, 6.07) is 4.18. The molecule has 1 aromatic rings. The standard InChI is InChI=1S/C13H17BrO3S/c14-12-2-1-11(18-12)9-15-10-3-5-13(6-4-10)16-7-8-17-13/h1-2,10H,3-9H2. The highest BCUT2D eigenvalue weighted by molar-refractivity contribution is 9.11. The van der Waals surface area contributed by atoms with Crippen molar-refractivity contribution in [3.05, 3.63) is 20.8 Å². The molecule has 2 heterocycles. The Bertz CT molecular complexity index is 391. The molecule has 0 atom stereocenters. The van der Waals surface area contributed by atoms with Gasteiger partial charge in [0.25, 0.3) is 0 Å². The summed E-state index contributed by atoms with van der Waals surface area (Å²) >= 11 is 5.21. The highest BCUT2D eigenvalue weighted by Gasteiger charge is 2.40. The SMILES string of the molecule is Brc1ccc(COC2CCC3(CC2)OCCO3)s1. The number of hydrogen-bond donors (Lipinski definition) is 0. The molecule has 18 heavy (non-hydrogen) atoms. The van der Waals surface area contributed by atoms with Crippen LogP contribution in [0.15, 0.2) is 15.9 Å². The number of halogens is 1. The first-order valence-electron chi connectivity index (χ1n) is 6.40. The first kappa shape index (κ1) is 13.1. The molecule has 2 fully saturated rings. The van der Waals surface area contributed by atoms with Gasteiger partial charge in [-0.3, -0.25) is 0 Å². The molecular weight excluding hydrogens is 316 g/mol. The zero-order valence-electron chi connectivity index (χ0n) is 10.2. The summed E-state index contributed by atoms with van der Waals surface area (Å²) in [5.41, 5.74) is 0. The van der Waals surface area contributed by atoms with E-state index in [9.17, 15) is 0 Å². The van der Waals surface area contributed by atoms with E-state index in [0.717, 1.165) is 49.3 Å². The molecule has 5 heteroatoms. The molecule has 1 aliphatic carbocycles. The van der Waals surface area contributed by atoms with Gasteiger partial charge >= 0.3 is 0 Å². The molecule has 0 aromatic carbocycles. The van der Waals surface area contributed by atoms with Gasteiger partial charge in [0.1, 0.15) is 0 Å². The summed E-state index contributed by atoms with van der Waals surface area (Å²) in [5.74, 6) is -0.272. The van der Waals surface area contributed by atoms with Gasteiger partial charge in [0.15, 0.2) is 5.79 Å². The maximum atomic E-state index is 5.96. The van der Waals surface area contributed by atoms with Gasteiger partial charge in [-0.2, -0.15) is 0 Å². The van der Waals surface area contributed by atoms with Crippen LogP contribution in [0.25, 0.3) is 0 Å². The van der Waals surface area contributed by atoms with E-state index >= 15 is 0 Å². The minimum absolute atomic E-state index is 0.272. The van der Waals surface area contributed by atoms with Gasteiger partial charge in [-0.1, -0.05) is 0 Å². The zero-order chi connectivity index (χ0) is 12.4. The summed E-state index contributed by atoms with van der Waals surface area (Å²) in [6.07, 6.45) is 4.35. The lowest BCUT2D eigenvalue weighted by atomic mass is 9.92. The van der Waals surface area contributed by atoms with Gasteiger partial charge in [-0.25, -0.2) is 0 Å². The first-order valence-corrected chi connectivity index (χ1v) is 8.00. The van der Waals surface area contributed by atoms with Gasteiger partial charge in [0.2, 0.25) is 0 Å². The average Bonchev–Trinajstić information content (AvgIpc) is 2.99. The van der Waals surface area contributed by atoms with Gasteiger partial charge in [-0.05, 0) is 40.9 Å². The summed E-state index contributed by atoms with van der Waals surface area (Å²) < 4.78 is 18.6. The van der Waals surface area contributed by atoms with Gasteiger partial charge in [-0.15, -0.1) is 11.3 Å².